The summed E-state index contributed by atoms with van der Waals surface area (Å²) in [6.45, 7) is 1.05. The van der Waals surface area contributed by atoms with E-state index in [4.69, 9.17) is 0 Å². The van der Waals surface area contributed by atoms with Crippen LogP contribution in [0.5, 0.6) is 0 Å². The van der Waals surface area contributed by atoms with E-state index in [1.807, 2.05) is 35.2 Å². The van der Waals surface area contributed by atoms with Crippen molar-refractivity contribution in [3.63, 3.8) is 0 Å². The first-order valence-corrected chi connectivity index (χ1v) is 11.5. The van der Waals surface area contributed by atoms with Crippen molar-refractivity contribution in [3.8, 4) is 6.07 Å². The van der Waals surface area contributed by atoms with Crippen LogP contribution in [-0.2, 0) is 29.0 Å². The number of anilines is 1. The lowest BCUT2D eigenvalue weighted by Gasteiger charge is -2.27. The Labute approximate surface area is 190 Å². The quantitative estimate of drug-likeness (QED) is 0.650. The van der Waals surface area contributed by atoms with Crippen LogP contribution in [0.15, 0.2) is 54.9 Å². The molecule has 0 radical (unpaired) electrons. The van der Waals surface area contributed by atoms with Gasteiger partial charge in [-0.3, -0.25) is 14.6 Å². The van der Waals surface area contributed by atoms with E-state index in [0.717, 1.165) is 22.4 Å². The highest BCUT2D eigenvalue weighted by atomic mass is 32.1. The summed E-state index contributed by atoms with van der Waals surface area (Å²) in [6.07, 6.45) is 5.17. The smallest absolute Gasteiger partial charge is 0.228 e. The van der Waals surface area contributed by atoms with Gasteiger partial charge < -0.3 is 10.2 Å². The van der Waals surface area contributed by atoms with Crippen molar-refractivity contribution >= 4 is 28.2 Å². The number of nitrogens with zero attached hydrogens (tertiary/aromatic N) is 3. The molecule has 32 heavy (non-hydrogen) atoms. The third-order valence-electron chi connectivity index (χ3n) is 6.22. The molecule has 5 rings (SSSR count). The normalized spacial score (nSPS) is 19.0. The summed E-state index contributed by atoms with van der Waals surface area (Å²) >= 11 is 1.43. The SMILES string of the molecule is N#Cc1c(NC(=O)[C@H]2C[C@H]2c2ccccc2)sc2c1CCN(C(=O)Cc1ccncc1)C2. The van der Waals surface area contributed by atoms with Crippen molar-refractivity contribution in [2.45, 2.75) is 31.7 Å². The molecule has 1 aliphatic carbocycles. The fraction of sp³-hybridized carbons (Fsp3) is 0.280. The van der Waals surface area contributed by atoms with E-state index in [2.05, 4.69) is 28.5 Å². The van der Waals surface area contributed by atoms with Gasteiger partial charge in [0.05, 0.1) is 18.5 Å². The molecule has 3 aromatic rings. The largest absolute Gasteiger partial charge is 0.337 e. The Balaban J connectivity index is 1.27. The summed E-state index contributed by atoms with van der Waals surface area (Å²) < 4.78 is 0. The maximum Gasteiger partial charge on any atom is 0.228 e. The Kier molecular flexibility index (Phi) is 5.46. The van der Waals surface area contributed by atoms with E-state index < -0.39 is 0 Å². The van der Waals surface area contributed by atoms with Gasteiger partial charge in [-0.25, -0.2) is 0 Å². The Morgan fingerprint density at radius 1 is 1.19 bits per heavy atom. The van der Waals surface area contributed by atoms with Gasteiger partial charge in [-0.15, -0.1) is 11.3 Å². The van der Waals surface area contributed by atoms with Crippen molar-refractivity contribution in [2.24, 2.45) is 5.92 Å². The predicted molar refractivity (Wildman–Crippen MR) is 122 cm³/mol. The van der Waals surface area contributed by atoms with Crippen LogP contribution in [0.25, 0.3) is 0 Å². The average molecular weight is 443 g/mol. The lowest BCUT2D eigenvalue weighted by Crippen LogP contribution is -2.36. The summed E-state index contributed by atoms with van der Waals surface area (Å²) in [5, 5.41) is 13.4. The first kappa shape index (κ1) is 20.4. The molecule has 3 heterocycles. The number of carbonyl (C=O) groups is 2. The number of hydrogen-bond donors (Lipinski definition) is 1. The highest BCUT2D eigenvalue weighted by Gasteiger charge is 2.44. The lowest BCUT2D eigenvalue weighted by molar-refractivity contribution is -0.131. The number of aromatic nitrogens is 1. The first-order valence-electron chi connectivity index (χ1n) is 10.7. The fourth-order valence-corrected chi connectivity index (χ4v) is 5.58. The van der Waals surface area contributed by atoms with Crippen molar-refractivity contribution in [3.05, 3.63) is 82.0 Å². The molecule has 2 aliphatic rings. The minimum absolute atomic E-state index is 0.0282. The zero-order chi connectivity index (χ0) is 22.1. The molecule has 2 atom stereocenters. The standard InChI is InChI=1S/C25H22N4O2S/c26-14-21-18-8-11-29(23(30)12-16-6-9-27-10-7-16)15-22(18)32-25(21)28-24(31)20-13-19(20)17-4-2-1-3-5-17/h1-7,9-10,19-20H,8,11-13,15H2,(H,28,31)/t19-,20-/m0/s1. The minimum atomic E-state index is -0.0542. The second kappa shape index (κ2) is 8.56. The van der Waals surface area contributed by atoms with Crippen LogP contribution in [0.3, 0.4) is 0 Å². The third-order valence-corrected chi connectivity index (χ3v) is 7.35. The van der Waals surface area contributed by atoms with Crippen LogP contribution in [0, 0.1) is 17.2 Å². The molecule has 0 bridgehead atoms. The highest BCUT2D eigenvalue weighted by molar-refractivity contribution is 7.16. The number of fused-ring (bicyclic) bond motifs is 1. The number of nitrogens with one attached hydrogen (secondary N) is 1. The summed E-state index contributed by atoms with van der Waals surface area (Å²) in [5.74, 6) is 0.224. The summed E-state index contributed by atoms with van der Waals surface area (Å²) in [4.78, 5) is 32.4. The number of hydrogen-bond acceptors (Lipinski definition) is 5. The maximum atomic E-state index is 12.8. The van der Waals surface area contributed by atoms with Crippen LogP contribution < -0.4 is 5.32 Å². The third kappa shape index (κ3) is 4.02. The second-order valence-electron chi connectivity index (χ2n) is 8.27. The topological polar surface area (TPSA) is 86.1 Å². The highest BCUT2D eigenvalue weighted by Crippen LogP contribution is 2.48. The van der Waals surface area contributed by atoms with E-state index in [0.29, 0.717) is 36.5 Å². The molecule has 1 fully saturated rings. The molecule has 2 aromatic heterocycles. The molecule has 1 aromatic carbocycles. The summed E-state index contributed by atoms with van der Waals surface area (Å²) in [5.41, 5.74) is 3.64. The van der Waals surface area contributed by atoms with Gasteiger partial charge in [-0.05, 0) is 47.6 Å². The molecule has 0 unspecified atom stereocenters. The molecule has 7 heteroatoms. The number of pyridine rings is 1. The molecular formula is C25H22N4O2S. The van der Waals surface area contributed by atoms with Gasteiger partial charge in [0.25, 0.3) is 0 Å². The number of nitriles is 1. The van der Waals surface area contributed by atoms with Crippen LogP contribution in [0.4, 0.5) is 5.00 Å². The van der Waals surface area contributed by atoms with Gasteiger partial charge in [-0.1, -0.05) is 30.3 Å². The van der Waals surface area contributed by atoms with Crippen molar-refractivity contribution in [1.29, 1.82) is 5.26 Å². The van der Waals surface area contributed by atoms with Crippen LogP contribution in [-0.4, -0.2) is 28.2 Å². The number of benzene rings is 1. The predicted octanol–water partition coefficient (Wildman–Crippen LogP) is 3.88. The van der Waals surface area contributed by atoms with Crippen LogP contribution >= 0.6 is 11.3 Å². The minimum Gasteiger partial charge on any atom is -0.337 e. The van der Waals surface area contributed by atoms with E-state index in [9.17, 15) is 14.9 Å². The second-order valence-corrected chi connectivity index (χ2v) is 9.37. The number of carbonyl (C=O) groups excluding carboxylic acids is 2. The molecular weight excluding hydrogens is 420 g/mol. The molecule has 1 N–H and O–H groups in total. The van der Waals surface area contributed by atoms with E-state index in [-0.39, 0.29) is 23.7 Å². The Hall–Kier alpha value is -3.50. The Morgan fingerprint density at radius 3 is 2.72 bits per heavy atom. The Bertz CT molecular complexity index is 1200. The fourth-order valence-electron chi connectivity index (χ4n) is 4.37. The van der Waals surface area contributed by atoms with Crippen molar-refractivity contribution < 1.29 is 9.59 Å². The van der Waals surface area contributed by atoms with E-state index in [1.165, 1.54) is 16.9 Å². The molecule has 1 saturated carbocycles. The molecule has 6 nitrogen and oxygen atoms in total. The Morgan fingerprint density at radius 2 is 1.97 bits per heavy atom. The maximum absolute atomic E-state index is 12.8. The number of thiophene rings is 1. The number of rotatable bonds is 5. The van der Waals surface area contributed by atoms with Gasteiger partial charge in [-0.2, -0.15) is 5.26 Å². The van der Waals surface area contributed by atoms with Crippen molar-refractivity contribution in [1.82, 2.24) is 9.88 Å². The average Bonchev–Trinajstić information content (AvgIpc) is 3.56. The monoisotopic (exact) mass is 442 g/mol. The van der Waals surface area contributed by atoms with Crippen LogP contribution in [0.2, 0.25) is 0 Å². The first-order chi connectivity index (χ1) is 15.6. The lowest BCUT2D eigenvalue weighted by atomic mass is 10.0. The van der Waals surface area contributed by atoms with Gasteiger partial charge in [0, 0.05) is 29.7 Å². The molecule has 0 spiro atoms. The zero-order valence-electron chi connectivity index (χ0n) is 17.5. The van der Waals surface area contributed by atoms with Crippen LogP contribution in [0.1, 0.15) is 39.5 Å². The van der Waals surface area contributed by atoms with Gasteiger partial charge in [0.1, 0.15) is 11.1 Å². The summed E-state index contributed by atoms with van der Waals surface area (Å²) in [7, 11) is 0. The van der Waals surface area contributed by atoms with Gasteiger partial charge >= 0.3 is 0 Å². The van der Waals surface area contributed by atoms with E-state index >= 15 is 0 Å². The molecule has 160 valence electrons. The molecule has 2 amide bonds. The van der Waals surface area contributed by atoms with Gasteiger partial charge in [0.2, 0.25) is 11.8 Å². The summed E-state index contributed by atoms with van der Waals surface area (Å²) in [6, 6.07) is 16.0. The molecule has 0 saturated heterocycles. The van der Waals surface area contributed by atoms with Crippen molar-refractivity contribution in [2.75, 3.05) is 11.9 Å². The molecule has 1 aliphatic heterocycles. The zero-order valence-corrected chi connectivity index (χ0v) is 18.3. The van der Waals surface area contributed by atoms with Gasteiger partial charge in [0.15, 0.2) is 0 Å². The number of amides is 2. The van der Waals surface area contributed by atoms with E-state index in [1.54, 1.807) is 12.4 Å².